The molecule has 0 saturated carbocycles. The number of nitrogens with zero attached hydrogens (tertiary/aromatic N) is 2. The third-order valence-electron chi connectivity index (χ3n) is 4.77. The molecule has 3 aromatic rings. The zero-order valence-electron chi connectivity index (χ0n) is 15.2. The average molecular weight is 475 g/mol. The fourth-order valence-electron chi connectivity index (χ4n) is 3.30. The van der Waals surface area contributed by atoms with Gasteiger partial charge >= 0.3 is 6.18 Å². The van der Waals surface area contributed by atoms with Crippen molar-refractivity contribution in [3.63, 3.8) is 0 Å². The quantitative estimate of drug-likeness (QED) is 0.499. The zero-order valence-corrected chi connectivity index (χ0v) is 17.5. The van der Waals surface area contributed by atoms with Gasteiger partial charge in [-0.3, -0.25) is 4.79 Å². The van der Waals surface area contributed by atoms with Gasteiger partial charge in [0.25, 0.3) is 5.91 Å². The molecule has 1 aliphatic rings. The smallest absolute Gasteiger partial charge is 0.363 e. The Labute approximate surface area is 183 Å². The predicted octanol–water partition coefficient (Wildman–Crippen LogP) is 5.84. The number of fused-ring (bicyclic) bond motifs is 1. The van der Waals surface area contributed by atoms with Crippen molar-refractivity contribution in [2.24, 2.45) is 0 Å². The van der Waals surface area contributed by atoms with E-state index in [2.05, 4.69) is 15.7 Å². The molecule has 1 amide bonds. The van der Waals surface area contributed by atoms with Gasteiger partial charge in [-0.2, -0.15) is 18.3 Å². The summed E-state index contributed by atoms with van der Waals surface area (Å²) in [6, 6.07) is 7.18. The Morgan fingerprint density at radius 2 is 2.07 bits per heavy atom. The van der Waals surface area contributed by atoms with Gasteiger partial charge < -0.3 is 10.6 Å². The highest BCUT2D eigenvalue weighted by atomic mass is 35.5. The fraction of sp³-hybridized carbons (Fsp3) is 0.263. The predicted molar refractivity (Wildman–Crippen MR) is 110 cm³/mol. The van der Waals surface area contributed by atoms with Gasteiger partial charge in [-0.15, -0.1) is 11.3 Å². The highest BCUT2D eigenvalue weighted by Gasteiger charge is 2.46. The standard InChI is InChI=1S/C19H15Cl2F3N4OS/c20-12-4-3-10(6-13(12)21)14-7-16(19(22,23)24)28-17(26-14)8-15(27-28)18(29)25-9-11-2-1-5-30-11/h1-6,8,14,16,26H,7,9H2,(H,25,29). The lowest BCUT2D eigenvalue weighted by Gasteiger charge is -2.33. The number of rotatable bonds is 4. The van der Waals surface area contributed by atoms with E-state index in [0.717, 1.165) is 9.56 Å². The van der Waals surface area contributed by atoms with Crippen LogP contribution in [0.15, 0.2) is 41.8 Å². The molecular formula is C19H15Cl2F3N4OS. The van der Waals surface area contributed by atoms with Gasteiger partial charge in [0.1, 0.15) is 5.82 Å². The van der Waals surface area contributed by atoms with Crippen LogP contribution in [0.4, 0.5) is 19.0 Å². The summed E-state index contributed by atoms with van der Waals surface area (Å²) < 4.78 is 42.1. The molecule has 0 bridgehead atoms. The fourth-order valence-corrected chi connectivity index (χ4v) is 4.25. The second-order valence-electron chi connectivity index (χ2n) is 6.79. The number of carbonyl (C=O) groups excluding carboxylic acids is 1. The highest BCUT2D eigenvalue weighted by Crippen LogP contribution is 2.44. The van der Waals surface area contributed by atoms with Crippen molar-refractivity contribution in [2.45, 2.75) is 31.2 Å². The molecule has 3 heterocycles. The van der Waals surface area contributed by atoms with Gasteiger partial charge in [-0.05, 0) is 29.1 Å². The maximum Gasteiger partial charge on any atom is 0.410 e. The first kappa shape index (κ1) is 21.0. The maximum atomic E-state index is 13.8. The molecule has 5 nitrogen and oxygen atoms in total. The number of alkyl halides is 3. The molecule has 1 aliphatic heterocycles. The molecule has 0 fully saturated rings. The van der Waals surface area contributed by atoms with Crippen LogP contribution < -0.4 is 10.6 Å². The summed E-state index contributed by atoms with van der Waals surface area (Å²) in [5, 5.41) is 12.1. The van der Waals surface area contributed by atoms with Crippen LogP contribution in [-0.2, 0) is 6.54 Å². The summed E-state index contributed by atoms with van der Waals surface area (Å²) >= 11 is 13.4. The molecule has 2 atom stereocenters. The minimum atomic E-state index is -4.54. The van der Waals surface area contributed by atoms with E-state index in [4.69, 9.17) is 23.2 Å². The Hall–Kier alpha value is -2.23. The molecule has 2 N–H and O–H groups in total. The molecule has 0 saturated heterocycles. The van der Waals surface area contributed by atoms with Gasteiger partial charge in [-0.25, -0.2) is 4.68 Å². The van der Waals surface area contributed by atoms with Crippen LogP contribution >= 0.6 is 34.5 Å². The van der Waals surface area contributed by atoms with E-state index in [0.29, 0.717) is 10.6 Å². The van der Waals surface area contributed by atoms with Crippen molar-refractivity contribution < 1.29 is 18.0 Å². The van der Waals surface area contributed by atoms with Gasteiger partial charge in [0, 0.05) is 17.4 Å². The molecule has 2 aromatic heterocycles. The lowest BCUT2D eigenvalue weighted by Crippen LogP contribution is -2.35. The van der Waals surface area contributed by atoms with E-state index < -0.39 is 24.2 Å². The third kappa shape index (κ3) is 4.28. The monoisotopic (exact) mass is 474 g/mol. The van der Waals surface area contributed by atoms with E-state index in [-0.39, 0.29) is 29.5 Å². The molecule has 0 radical (unpaired) electrons. The molecule has 1 aromatic carbocycles. The lowest BCUT2D eigenvalue weighted by molar-refractivity contribution is -0.173. The van der Waals surface area contributed by atoms with Crippen LogP contribution in [-0.4, -0.2) is 21.9 Å². The molecule has 4 rings (SSSR count). The van der Waals surface area contributed by atoms with Gasteiger partial charge in [0.2, 0.25) is 0 Å². The number of aromatic nitrogens is 2. The van der Waals surface area contributed by atoms with E-state index >= 15 is 0 Å². The first-order valence-corrected chi connectivity index (χ1v) is 10.5. The maximum absolute atomic E-state index is 13.8. The van der Waals surface area contributed by atoms with Crippen LogP contribution in [0, 0.1) is 0 Å². The van der Waals surface area contributed by atoms with Crippen molar-refractivity contribution in [2.75, 3.05) is 5.32 Å². The minimum Gasteiger partial charge on any atom is -0.363 e. The Morgan fingerprint density at radius 1 is 1.27 bits per heavy atom. The van der Waals surface area contributed by atoms with Crippen molar-refractivity contribution in [3.8, 4) is 0 Å². The van der Waals surface area contributed by atoms with E-state index in [9.17, 15) is 18.0 Å². The molecule has 0 aliphatic carbocycles. The summed E-state index contributed by atoms with van der Waals surface area (Å²) in [4.78, 5) is 13.4. The van der Waals surface area contributed by atoms with Crippen molar-refractivity contribution in [3.05, 3.63) is 68.0 Å². The van der Waals surface area contributed by atoms with Crippen LogP contribution in [0.2, 0.25) is 10.0 Å². The van der Waals surface area contributed by atoms with E-state index in [1.807, 2.05) is 17.5 Å². The summed E-state index contributed by atoms with van der Waals surface area (Å²) in [5.41, 5.74) is 0.480. The zero-order chi connectivity index (χ0) is 21.5. The molecule has 2 unspecified atom stereocenters. The number of nitrogens with one attached hydrogen (secondary N) is 2. The Morgan fingerprint density at radius 3 is 2.73 bits per heavy atom. The average Bonchev–Trinajstić information content (AvgIpc) is 3.36. The van der Waals surface area contributed by atoms with E-state index in [1.165, 1.54) is 23.5 Å². The molecule has 11 heteroatoms. The molecule has 30 heavy (non-hydrogen) atoms. The van der Waals surface area contributed by atoms with Crippen molar-refractivity contribution >= 4 is 46.3 Å². The number of carbonyl (C=O) groups is 1. The Kier molecular flexibility index (Phi) is 5.69. The summed E-state index contributed by atoms with van der Waals surface area (Å²) in [5.74, 6) is -0.431. The SMILES string of the molecule is O=C(NCc1cccs1)c1cc2n(n1)C(C(F)(F)F)CC(c1ccc(Cl)c(Cl)c1)N2. The van der Waals surface area contributed by atoms with Crippen LogP contribution in [0.5, 0.6) is 0 Å². The van der Waals surface area contributed by atoms with Crippen LogP contribution in [0.25, 0.3) is 0 Å². The Bertz CT molecular complexity index is 1070. The summed E-state index contributed by atoms with van der Waals surface area (Å²) in [6.45, 7) is 0.278. The number of hydrogen-bond donors (Lipinski definition) is 2. The number of anilines is 1. The second-order valence-corrected chi connectivity index (χ2v) is 8.63. The summed E-state index contributed by atoms with van der Waals surface area (Å²) in [7, 11) is 0. The van der Waals surface area contributed by atoms with Gasteiger partial charge in [-0.1, -0.05) is 35.3 Å². The van der Waals surface area contributed by atoms with Crippen molar-refractivity contribution in [1.29, 1.82) is 0 Å². The third-order valence-corrected chi connectivity index (χ3v) is 6.39. The summed E-state index contributed by atoms with van der Waals surface area (Å²) in [6.07, 6.45) is -4.84. The molecule has 0 spiro atoms. The topological polar surface area (TPSA) is 59.0 Å². The second kappa shape index (κ2) is 8.13. The van der Waals surface area contributed by atoms with Crippen LogP contribution in [0.3, 0.4) is 0 Å². The largest absolute Gasteiger partial charge is 0.410 e. The first-order valence-electron chi connectivity index (χ1n) is 8.90. The lowest BCUT2D eigenvalue weighted by atomic mass is 9.97. The van der Waals surface area contributed by atoms with Crippen molar-refractivity contribution in [1.82, 2.24) is 15.1 Å². The first-order chi connectivity index (χ1) is 14.2. The van der Waals surface area contributed by atoms with Gasteiger partial charge in [0.15, 0.2) is 11.7 Å². The number of amides is 1. The van der Waals surface area contributed by atoms with Crippen LogP contribution in [0.1, 0.15) is 39.4 Å². The number of benzene rings is 1. The van der Waals surface area contributed by atoms with E-state index in [1.54, 1.807) is 12.1 Å². The Balaban J connectivity index is 1.61. The number of halogens is 5. The highest BCUT2D eigenvalue weighted by molar-refractivity contribution is 7.09. The number of thiophene rings is 1. The molecular weight excluding hydrogens is 460 g/mol. The number of hydrogen-bond acceptors (Lipinski definition) is 4. The molecule has 158 valence electrons. The minimum absolute atomic E-state index is 0.0851. The van der Waals surface area contributed by atoms with Gasteiger partial charge in [0.05, 0.1) is 22.6 Å². The normalized spacial score (nSPS) is 18.6.